The molecule has 0 aliphatic carbocycles. The van der Waals surface area contributed by atoms with Gasteiger partial charge in [-0.25, -0.2) is 9.97 Å². The zero-order valence-corrected chi connectivity index (χ0v) is 35.9. The van der Waals surface area contributed by atoms with Crippen LogP contribution in [0.25, 0.3) is 22.6 Å². The van der Waals surface area contributed by atoms with Crippen LogP contribution in [-0.4, -0.2) is 116 Å². The van der Waals surface area contributed by atoms with Crippen molar-refractivity contribution in [1.82, 2.24) is 50.1 Å². The third-order valence-corrected chi connectivity index (χ3v) is 13.3. The number of rotatable bonds is 11. The number of H-pyrrole nitrogens is 1. The Balaban J connectivity index is 0.695. The molecule has 0 bridgehead atoms. The maximum absolute atomic E-state index is 13.6. The number of hydrogen-bond acceptors (Lipinski definition) is 11. The molecule has 4 aliphatic heterocycles. The fraction of sp³-hybridized carbons (Fsp3) is 0.467. The van der Waals surface area contributed by atoms with Crippen LogP contribution in [0.4, 0.5) is 5.69 Å². The number of aromatic nitrogens is 6. The number of likely N-dealkylation sites (tertiary alicyclic amines) is 2. The molecule has 0 radical (unpaired) electrons. The topological polar surface area (TPSA) is 184 Å². The van der Waals surface area contributed by atoms with Gasteiger partial charge in [0.15, 0.2) is 11.4 Å². The second-order valence-corrected chi connectivity index (χ2v) is 17.7. The smallest absolute Gasteiger partial charge is 0.251 e. The van der Waals surface area contributed by atoms with Crippen LogP contribution < -0.4 is 20.3 Å². The van der Waals surface area contributed by atoms with Crippen LogP contribution in [0, 0.1) is 24.7 Å². The lowest BCUT2D eigenvalue weighted by molar-refractivity contribution is -0.136. The number of imide groups is 1. The number of nitrogens with zero attached hydrogens (tertiary/aromatic N) is 8. The molecule has 3 N–H and O–H groups in total. The normalized spacial score (nSPS) is 20.5. The van der Waals surface area contributed by atoms with Gasteiger partial charge in [-0.1, -0.05) is 11.6 Å². The summed E-state index contributed by atoms with van der Waals surface area (Å²) in [7, 11) is 1.85. The van der Waals surface area contributed by atoms with Crippen molar-refractivity contribution >= 4 is 52.1 Å². The summed E-state index contributed by atoms with van der Waals surface area (Å²) in [6.45, 7) is 8.58. The highest BCUT2D eigenvalue weighted by Gasteiger charge is 2.34. The molecule has 5 aromatic rings. The van der Waals surface area contributed by atoms with Gasteiger partial charge >= 0.3 is 0 Å². The Morgan fingerprint density at radius 1 is 0.952 bits per heavy atom. The number of carbonyl (C=O) groups is 4. The number of hydrogen-bond donors (Lipinski definition) is 3. The minimum atomic E-state index is -0.333. The fourth-order valence-corrected chi connectivity index (χ4v) is 9.66. The maximum Gasteiger partial charge on any atom is 0.251 e. The first-order chi connectivity index (χ1) is 30.0. The first-order valence-electron chi connectivity index (χ1n) is 21.7. The van der Waals surface area contributed by atoms with Gasteiger partial charge in [-0.05, 0) is 106 Å². The summed E-state index contributed by atoms with van der Waals surface area (Å²) in [6.07, 6.45) is 12.7. The summed E-state index contributed by atoms with van der Waals surface area (Å²) in [4.78, 5) is 74.4. The third-order valence-electron chi connectivity index (χ3n) is 13.0. The second kappa shape index (κ2) is 17.8. The van der Waals surface area contributed by atoms with Gasteiger partial charge in [0.1, 0.15) is 22.1 Å². The highest BCUT2D eigenvalue weighted by atomic mass is 35.5. The molecule has 9 rings (SSSR count). The van der Waals surface area contributed by atoms with Crippen molar-refractivity contribution in [1.29, 1.82) is 0 Å². The standard InChI is InChI=1S/C45H52ClN11O5/c1-27-36(26-54(2)53-27)41-51-39-40(37(46)23-48-42(39)52-41)62-34-5-3-30(4-6-34)43(59)49-20-29-11-18-57(25-29)45(61)31-12-14-55(15-13-31)24-28-9-16-56(17-10-28)33-19-32(21-47-22-33)35-7-8-38(58)50-44(35)60/h3-6,19,21-23,26,28-29,31,35H,7-18,20,24-25H2,1-2H3,(H,49,59)(H,48,51,52)(H,50,58,60)/t29?,35-/m0/s1. The van der Waals surface area contributed by atoms with E-state index in [9.17, 15) is 19.2 Å². The van der Waals surface area contributed by atoms with Crippen LogP contribution >= 0.6 is 11.6 Å². The van der Waals surface area contributed by atoms with Crippen molar-refractivity contribution in [3.63, 3.8) is 0 Å². The van der Waals surface area contributed by atoms with Gasteiger partial charge < -0.3 is 29.7 Å². The lowest BCUT2D eigenvalue weighted by Crippen LogP contribution is -2.45. The van der Waals surface area contributed by atoms with E-state index in [4.69, 9.17) is 16.3 Å². The average molecular weight is 862 g/mol. The van der Waals surface area contributed by atoms with Crippen LogP contribution in [0.15, 0.2) is 55.1 Å². The van der Waals surface area contributed by atoms with Gasteiger partial charge in [0.05, 0.1) is 35.3 Å². The molecular formula is C45H52ClN11O5. The van der Waals surface area contributed by atoms with Gasteiger partial charge in [0.2, 0.25) is 17.7 Å². The van der Waals surface area contributed by atoms with Crippen LogP contribution in [0.5, 0.6) is 11.5 Å². The van der Waals surface area contributed by atoms with Gasteiger partial charge in [-0.2, -0.15) is 5.10 Å². The van der Waals surface area contributed by atoms with Gasteiger partial charge in [-0.3, -0.25) is 34.2 Å². The SMILES string of the molecule is Cc1nn(C)cc1-c1nc2ncc(Cl)c(Oc3ccc(C(=O)NCC4CCN(C(=O)C5CCN(CC6CCN(c7cncc([C@@H]8CCC(=O)NC8=O)c7)CC6)CC5)C4)cc3)c2[nH]1. The van der Waals surface area contributed by atoms with E-state index < -0.39 is 0 Å². The first kappa shape index (κ1) is 41.5. The van der Waals surface area contributed by atoms with Crippen molar-refractivity contribution in [3.8, 4) is 22.9 Å². The molecule has 16 nitrogen and oxygen atoms in total. The van der Waals surface area contributed by atoms with Crippen molar-refractivity contribution in [2.24, 2.45) is 24.8 Å². The number of benzene rings is 1. The summed E-state index contributed by atoms with van der Waals surface area (Å²) >= 11 is 6.53. The molecule has 0 spiro atoms. The molecule has 4 fully saturated rings. The Morgan fingerprint density at radius 2 is 1.73 bits per heavy atom. The number of aromatic amines is 1. The number of carbonyl (C=O) groups excluding carboxylic acids is 4. The van der Waals surface area contributed by atoms with Crippen LogP contribution in [-0.2, 0) is 21.4 Å². The lowest BCUT2D eigenvalue weighted by atomic mass is 9.90. The fourth-order valence-electron chi connectivity index (χ4n) is 9.48. The molecule has 17 heteroatoms. The summed E-state index contributed by atoms with van der Waals surface area (Å²) in [5.74, 6) is 1.66. The summed E-state index contributed by atoms with van der Waals surface area (Å²) in [6, 6.07) is 8.97. The zero-order chi connectivity index (χ0) is 42.9. The highest BCUT2D eigenvalue weighted by molar-refractivity contribution is 6.32. The number of halogens is 1. The number of ether oxygens (including phenoxy) is 1. The highest BCUT2D eigenvalue weighted by Crippen LogP contribution is 2.37. The number of amides is 4. The Hall–Kier alpha value is -5.87. The molecule has 4 amide bonds. The molecule has 1 unspecified atom stereocenters. The van der Waals surface area contributed by atoms with E-state index in [1.54, 1.807) is 35.1 Å². The number of aryl methyl sites for hydroxylation is 2. The molecule has 4 saturated heterocycles. The first-order valence-corrected chi connectivity index (χ1v) is 22.1. The van der Waals surface area contributed by atoms with E-state index >= 15 is 0 Å². The predicted molar refractivity (Wildman–Crippen MR) is 233 cm³/mol. The molecule has 4 aliphatic rings. The number of nitrogens with one attached hydrogen (secondary N) is 3. The Kier molecular flexibility index (Phi) is 11.9. The van der Waals surface area contributed by atoms with Crippen molar-refractivity contribution in [3.05, 3.63) is 77.0 Å². The summed E-state index contributed by atoms with van der Waals surface area (Å²) in [5.41, 5.74) is 5.11. The molecule has 4 aromatic heterocycles. The van der Waals surface area contributed by atoms with Crippen molar-refractivity contribution < 1.29 is 23.9 Å². The van der Waals surface area contributed by atoms with Gasteiger partial charge in [0, 0.05) is 76.6 Å². The van der Waals surface area contributed by atoms with Crippen LogP contribution in [0.1, 0.15) is 72.5 Å². The van der Waals surface area contributed by atoms with Crippen LogP contribution in [0.3, 0.4) is 0 Å². The second-order valence-electron chi connectivity index (χ2n) is 17.3. The third kappa shape index (κ3) is 9.02. The maximum atomic E-state index is 13.6. The van der Waals surface area contributed by atoms with Crippen LogP contribution in [0.2, 0.25) is 5.02 Å². The minimum absolute atomic E-state index is 0.0464. The monoisotopic (exact) mass is 861 g/mol. The zero-order valence-electron chi connectivity index (χ0n) is 35.1. The molecule has 62 heavy (non-hydrogen) atoms. The largest absolute Gasteiger partial charge is 0.453 e. The lowest BCUT2D eigenvalue weighted by Gasteiger charge is -2.38. The number of piperidine rings is 3. The van der Waals surface area contributed by atoms with Crippen molar-refractivity contribution in [2.45, 2.75) is 57.8 Å². The van der Waals surface area contributed by atoms with E-state index in [2.05, 4.69) is 51.5 Å². The Labute approximate surface area is 364 Å². The average Bonchev–Trinajstić information content (AvgIpc) is 4.02. The van der Waals surface area contributed by atoms with E-state index in [-0.39, 0.29) is 41.4 Å². The number of pyridine rings is 2. The Bertz CT molecular complexity index is 2470. The van der Waals surface area contributed by atoms with Gasteiger partial charge in [0.25, 0.3) is 5.91 Å². The van der Waals surface area contributed by atoms with Crippen molar-refractivity contribution in [2.75, 3.05) is 57.3 Å². The quantitative estimate of drug-likeness (QED) is 0.148. The van der Waals surface area contributed by atoms with E-state index in [0.29, 0.717) is 70.9 Å². The predicted octanol–water partition coefficient (Wildman–Crippen LogP) is 5.23. The Morgan fingerprint density at radius 3 is 2.47 bits per heavy atom. The van der Waals surface area contributed by atoms with E-state index in [1.165, 1.54) is 6.20 Å². The van der Waals surface area contributed by atoms with Gasteiger partial charge in [-0.15, -0.1) is 0 Å². The number of anilines is 1. The number of fused-ring (bicyclic) bond motifs is 1. The van der Waals surface area contributed by atoms with E-state index in [1.807, 2.05) is 31.3 Å². The molecule has 1 aromatic carbocycles. The number of imidazole rings is 1. The molecular weight excluding hydrogens is 810 g/mol. The van der Waals surface area contributed by atoms with E-state index in [0.717, 1.165) is 93.9 Å². The summed E-state index contributed by atoms with van der Waals surface area (Å²) < 4.78 is 7.92. The molecule has 2 atom stereocenters. The molecule has 324 valence electrons. The minimum Gasteiger partial charge on any atom is -0.453 e. The summed E-state index contributed by atoms with van der Waals surface area (Å²) in [5, 5.41) is 10.3. The molecule has 0 saturated carbocycles. The molecule has 8 heterocycles.